The fraction of sp³-hybridized carbons (Fsp3) is 0.300. The summed E-state index contributed by atoms with van der Waals surface area (Å²) in [6.07, 6.45) is 0. The minimum atomic E-state index is -0.871. The molecule has 0 radical (unpaired) electrons. The third-order valence-electron chi connectivity index (χ3n) is 1.95. The number of carbonyl (C=O) groups is 1. The Kier molecular flexibility index (Phi) is 3.32. The quantitative estimate of drug-likeness (QED) is 0.759. The molecule has 1 aromatic carbocycles. The lowest BCUT2D eigenvalue weighted by atomic mass is 10.0. The predicted octanol–water partition coefficient (Wildman–Crippen LogP) is 2.69. The van der Waals surface area contributed by atoms with E-state index in [1.54, 1.807) is 6.92 Å². The van der Waals surface area contributed by atoms with Gasteiger partial charge in [0.05, 0.1) is 11.3 Å². The Morgan fingerprint density at radius 1 is 1.38 bits per heavy atom. The molecule has 2 unspecified atom stereocenters. The summed E-state index contributed by atoms with van der Waals surface area (Å²) >= 11 is 5.97. The molecule has 2 nitrogen and oxygen atoms in total. The van der Waals surface area contributed by atoms with E-state index in [9.17, 15) is 4.79 Å². The first kappa shape index (κ1) is 10.1. The van der Waals surface area contributed by atoms with Crippen molar-refractivity contribution in [2.45, 2.75) is 12.3 Å². The highest BCUT2D eigenvalue weighted by Gasteiger charge is 2.22. The summed E-state index contributed by atoms with van der Waals surface area (Å²) in [6, 6.07) is 9.23. The van der Waals surface area contributed by atoms with E-state index in [1.165, 1.54) is 0 Å². The molecule has 3 heteroatoms. The highest BCUT2D eigenvalue weighted by molar-refractivity contribution is 6.22. The first-order chi connectivity index (χ1) is 6.13. The molecular formula is C10H11ClO2. The number of hydrogen-bond acceptors (Lipinski definition) is 1. The third-order valence-corrected chi connectivity index (χ3v) is 2.58. The molecule has 0 heterocycles. The summed E-state index contributed by atoms with van der Waals surface area (Å²) in [4.78, 5) is 10.6. The Morgan fingerprint density at radius 3 is 2.38 bits per heavy atom. The van der Waals surface area contributed by atoms with Gasteiger partial charge in [0.1, 0.15) is 0 Å². The Balaban J connectivity index is 2.79. The van der Waals surface area contributed by atoms with Gasteiger partial charge in [-0.1, -0.05) is 37.3 Å². The van der Waals surface area contributed by atoms with Crippen molar-refractivity contribution in [2.75, 3.05) is 0 Å². The van der Waals surface area contributed by atoms with Crippen LogP contribution < -0.4 is 0 Å². The van der Waals surface area contributed by atoms with E-state index in [4.69, 9.17) is 16.7 Å². The Labute approximate surface area is 82.2 Å². The minimum absolute atomic E-state index is 0.460. The molecular weight excluding hydrogens is 188 g/mol. The molecule has 0 saturated carbocycles. The standard InChI is InChI=1S/C10H11ClO2/c1-7(10(12)13)9(11)8-5-3-2-4-6-8/h2-7,9H,1H3,(H,12,13). The van der Waals surface area contributed by atoms with Gasteiger partial charge in [-0.2, -0.15) is 0 Å². The predicted molar refractivity (Wildman–Crippen MR) is 51.8 cm³/mol. The lowest BCUT2D eigenvalue weighted by Crippen LogP contribution is -2.14. The van der Waals surface area contributed by atoms with Crippen LogP contribution in [0.1, 0.15) is 17.9 Å². The van der Waals surface area contributed by atoms with Gasteiger partial charge in [-0.05, 0) is 5.56 Å². The fourth-order valence-corrected chi connectivity index (χ4v) is 1.30. The monoisotopic (exact) mass is 198 g/mol. The Hall–Kier alpha value is -1.02. The largest absolute Gasteiger partial charge is 0.481 e. The fourth-order valence-electron chi connectivity index (χ4n) is 1.05. The van der Waals surface area contributed by atoms with Crippen LogP contribution in [0.2, 0.25) is 0 Å². The first-order valence-corrected chi connectivity index (χ1v) is 4.48. The van der Waals surface area contributed by atoms with E-state index in [2.05, 4.69) is 0 Å². The molecule has 2 atom stereocenters. The first-order valence-electron chi connectivity index (χ1n) is 4.04. The number of rotatable bonds is 3. The molecule has 0 fully saturated rings. The van der Waals surface area contributed by atoms with Crippen molar-refractivity contribution in [3.63, 3.8) is 0 Å². The average molecular weight is 199 g/mol. The second kappa shape index (κ2) is 4.28. The SMILES string of the molecule is CC(C(=O)O)C(Cl)c1ccccc1. The van der Waals surface area contributed by atoms with Gasteiger partial charge in [-0.3, -0.25) is 4.79 Å². The van der Waals surface area contributed by atoms with Crippen molar-refractivity contribution >= 4 is 17.6 Å². The van der Waals surface area contributed by atoms with Crippen LogP contribution in [0.4, 0.5) is 0 Å². The van der Waals surface area contributed by atoms with Gasteiger partial charge < -0.3 is 5.11 Å². The lowest BCUT2D eigenvalue weighted by Gasteiger charge is -2.13. The van der Waals surface area contributed by atoms with Gasteiger partial charge in [0.2, 0.25) is 0 Å². The van der Waals surface area contributed by atoms with E-state index >= 15 is 0 Å². The smallest absolute Gasteiger partial charge is 0.308 e. The van der Waals surface area contributed by atoms with E-state index in [1.807, 2.05) is 30.3 Å². The number of carboxylic acids is 1. The number of hydrogen-bond donors (Lipinski definition) is 1. The molecule has 0 spiro atoms. The van der Waals surface area contributed by atoms with Gasteiger partial charge in [0.15, 0.2) is 0 Å². The molecule has 0 amide bonds. The summed E-state index contributed by atoms with van der Waals surface area (Å²) in [7, 11) is 0. The molecule has 1 rings (SSSR count). The van der Waals surface area contributed by atoms with Crippen LogP contribution in [-0.4, -0.2) is 11.1 Å². The maximum Gasteiger partial charge on any atom is 0.308 e. The van der Waals surface area contributed by atoms with Gasteiger partial charge >= 0.3 is 5.97 Å². The summed E-state index contributed by atoms with van der Waals surface area (Å²) in [5.41, 5.74) is 0.846. The normalized spacial score (nSPS) is 14.9. The maximum absolute atomic E-state index is 10.6. The zero-order chi connectivity index (χ0) is 9.84. The van der Waals surface area contributed by atoms with Crippen LogP contribution in [0.25, 0.3) is 0 Å². The third kappa shape index (κ3) is 2.46. The van der Waals surface area contributed by atoms with Crippen molar-refractivity contribution in [3.05, 3.63) is 35.9 Å². The van der Waals surface area contributed by atoms with E-state index < -0.39 is 17.3 Å². The molecule has 1 aromatic rings. The second-order valence-corrected chi connectivity index (χ2v) is 3.41. The van der Waals surface area contributed by atoms with Crippen LogP contribution >= 0.6 is 11.6 Å². The van der Waals surface area contributed by atoms with Crippen LogP contribution in [0.5, 0.6) is 0 Å². The van der Waals surface area contributed by atoms with Crippen molar-refractivity contribution in [1.82, 2.24) is 0 Å². The van der Waals surface area contributed by atoms with E-state index in [0.717, 1.165) is 5.56 Å². The Bertz CT molecular complexity index is 284. The molecule has 0 aliphatic heterocycles. The minimum Gasteiger partial charge on any atom is -0.481 e. The van der Waals surface area contributed by atoms with Gasteiger partial charge in [0.25, 0.3) is 0 Å². The van der Waals surface area contributed by atoms with Gasteiger partial charge in [-0.25, -0.2) is 0 Å². The van der Waals surface area contributed by atoms with E-state index in [0.29, 0.717) is 0 Å². The van der Waals surface area contributed by atoms with Gasteiger partial charge in [0, 0.05) is 0 Å². The highest BCUT2D eigenvalue weighted by atomic mass is 35.5. The topological polar surface area (TPSA) is 37.3 Å². The number of halogens is 1. The number of benzene rings is 1. The van der Waals surface area contributed by atoms with Crippen molar-refractivity contribution in [3.8, 4) is 0 Å². The molecule has 0 saturated heterocycles. The molecule has 70 valence electrons. The summed E-state index contributed by atoms with van der Waals surface area (Å²) in [5, 5.41) is 8.27. The number of alkyl halides is 1. The van der Waals surface area contributed by atoms with Crippen molar-refractivity contribution in [2.24, 2.45) is 5.92 Å². The van der Waals surface area contributed by atoms with Crippen LogP contribution in [0.3, 0.4) is 0 Å². The zero-order valence-electron chi connectivity index (χ0n) is 7.27. The number of aliphatic carboxylic acids is 1. The lowest BCUT2D eigenvalue weighted by molar-refractivity contribution is -0.141. The van der Waals surface area contributed by atoms with E-state index in [-0.39, 0.29) is 0 Å². The molecule has 0 aromatic heterocycles. The maximum atomic E-state index is 10.6. The second-order valence-electron chi connectivity index (χ2n) is 2.94. The Morgan fingerprint density at radius 2 is 1.92 bits per heavy atom. The molecule has 1 N–H and O–H groups in total. The van der Waals surface area contributed by atoms with Gasteiger partial charge in [-0.15, -0.1) is 11.6 Å². The van der Waals surface area contributed by atoms with Crippen LogP contribution in [0.15, 0.2) is 30.3 Å². The van der Waals surface area contributed by atoms with Crippen LogP contribution in [-0.2, 0) is 4.79 Å². The van der Waals surface area contributed by atoms with Crippen LogP contribution in [0, 0.1) is 5.92 Å². The van der Waals surface area contributed by atoms with Crippen molar-refractivity contribution < 1.29 is 9.90 Å². The molecule has 13 heavy (non-hydrogen) atoms. The highest BCUT2D eigenvalue weighted by Crippen LogP contribution is 2.28. The summed E-state index contributed by atoms with van der Waals surface area (Å²) in [6.45, 7) is 1.60. The summed E-state index contributed by atoms with van der Waals surface area (Å²) in [5.74, 6) is -1.44. The summed E-state index contributed by atoms with van der Waals surface area (Å²) < 4.78 is 0. The number of carboxylic acid groups (broad SMARTS) is 1. The van der Waals surface area contributed by atoms with Crippen molar-refractivity contribution in [1.29, 1.82) is 0 Å². The molecule has 0 aliphatic rings. The average Bonchev–Trinajstić information content (AvgIpc) is 2.17. The zero-order valence-corrected chi connectivity index (χ0v) is 8.03. The molecule has 0 aliphatic carbocycles. The molecule has 0 bridgehead atoms.